The molecular formula is C24H28N6O2. The average molecular weight is 433 g/mol. The third kappa shape index (κ3) is 4.49. The standard InChI is InChI=1S/C24H28N6O2/c1-3-18-9-7-10-19(4-2)23(18)26-24(32)30-15-8-14-29(30)22(31)17-28-16-12-21(27-28)20-11-5-6-13-25-20/h5-7,9-13,16H,3-4,8,14-15,17H2,1-2H3,(H,26,32). The predicted molar refractivity (Wildman–Crippen MR) is 123 cm³/mol. The van der Waals surface area contributed by atoms with Crippen LogP contribution in [0.25, 0.3) is 11.4 Å². The van der Waals surface area contributed by atoms with Crippen molar-refractivity contribution in [2.75, 3.05) is 18.4 Å². The second-order valence-corrected chi connectivity index (χ2v) is 7.70. The first-order valence-corrected chi connectivity index (χ1v) is 11.0. The Kier molecular flexibility index (Phi) is 6.49. The normalized spacial score (nSPS) is 13.4. The molecule has 1 N–H and O–H groups in total. The van der Waals surface area contributed by atoms with Crippen molar-refractivity contribution in [3.05, 3.63) is 66.0 Å². The summed E-state index contributed by atoms with van der Waals surface area (Å²) in [6.07, 6.45) is 5.86. The molecule has 3 amide bonds. The molecule has 32 heavy (non-hydrogen) atoms. The maximum Gasteiger partial charge on any atom is 0.340 e. The lowest BCUT2D eigenvalue weighted by atomic mass is 10.0. The first kappa shape index (κ1) is 21.5. The van der Waals surface area contributed by atoms with Crippen LogP contribution < -0.4 is 5.32 Å². The number of hydrogen-bond donors (Lipinski definition) is 1. The van der Waals surface area contributed by atoms with Crippen LogP contribution in [0.3, 0.4) is 0 Å². The Morgan fingerprint density at radius 1 is 0.938 bits per heavy atom. The molecule has 2 aromatic heterocycles. The van der Waals surface area contributed by atoms with Crippen molar-refractivity contribution >= 4 is 17.6 Å². The fraction of sp³-hybridized carbons (Fsp3) is 0.333. The lowest BCUT2D eigenvalue weighted by Crippen LogP contribution is -2.48. The van der Waals surface area contributed by atoms with Crippen molar-refractivity contribution in [3.63, 3.8) is 0 Å². The molecule has 166 valence electrons. The minimum atomic E-state index is -0.277. The van der Waals surface area contributed by atoms with E-state index in [1.165, 1.54) is 10.0 Å². The number of para-hydroxylation sites is 1. The van der Waals surface area contributed by atoms with Gasteiger partial charge in [-0.3, -0.25) is 14.5 Å². The minimum Gasteiger partial charge on any atom is -0.306 e. The zero-order valence-corrected chi connectivity index (χ0v) is 18.5. The molecule has 8 nitrogen and oxygen atoms in total. The maximum absolute atomic E-state index is 13.1. The van der Waals surface area contributed by atoms with Crippen molar-refractivity contribution < 1.29 is 9.59 Å². The fourth-order valence-corrected chi connectivity index (χ4v) is 3.98. The summed E-state index contributed by atoms with van der Waals surface area (Å²) in [7, 11) is 0. The minimum absolute atomic E-state index is 0.0579. The van der Waals surface area contributed by atoms with Gasteiger partial charge in [-0.15, -0.1) is 0 Å². The van der Waals surface area contributed by atoms with Gasteiger partial charge in [0.05, 0.1) is 5.69 Å². The lowest BCUT2D eigenvalue weighted by molar-refractivity contribution is -0.140. The van der Waals surface area contributed by atoms with Crippen molar-refractivity contribution in [2.45, 2.75) is 39.7 Å². The molecule has 0 spiro atoms. The Hall–Kier alpha value is -3.68. The van der Waals surface area contributed by atoms with Gasteiger partial charge in [0.15, 0.2) is 0 Å². The zero-order chi connectivity index (χ0) is 22.5. The number of benzene rings is 1. The number of rotatable bonds is 6. The van der Waals surface area contributed by atoms with Crippen LogP contribution in [0, 0.1) is 0 Å². The van der Waals surface area contributed by atoms with Gasteiger partial charge in [0.2, 0.25) is 0 Å². The van der Waals surface area contributed by atoms with Gasteiger partial charge in [-0.2, -0.15) is 5.10 Å². The van der Waals surface area contributed by atoms with Gasteiger partial charge in [0.1, 0.15) is 12.2 Å². The average Bonchev–Trinajstić information content (AvgIpc) is 3.50. The van der Waals surface area contributed by atoms with Crippen molar-refractivity contribution in [2.24, 2.45) is 0 Å². The van der Waals surface area contributed by atoms with Gasteiger partial charge in [0, 0.05) is 31.2 Å². The van der Waals surface area contributed by atoms with Crippen LogP contribution in [-0.2, 0) is 24.2 Å². The third-order valence-corrected chi connectivity index (χ3v) is 5.65. The van der Waals surface area contributed by atoms with Crippen molar-refractivity contribution in [1.29, 1.82) is 0 Å². The number of hydrogen-bond acceptors (Lipinski definition) is 4. The summed E-state index contributed by atoms with van der Waals surface area (Å²) in [6, 6.07) is 13.2. The van der Waals surface area contributed by atoms with E-state index in [4.69, 9.17) is 0 Å². The molecule has 1 aliphatic rings. The van der Waals surface area contributed by atoms with Crippen LogP contribution in [-0.4, -0.2) is 49.8 Å². The molecule has 1 aliphatic heterocycles. The molecule has 0 atom stereocenters. The second kappa shape index (κ2) is 9.64. The number of nitrogens with zero attached hydrogens (tertiary/aromatic N) is 5. The molecule has 0 radical (unpaired) electrons. The van der Waals surface area contributed by atoms with Crippen LogP contribution in [0.1, 0.15) is 31.4 Å². The Balaban J connectivity index is 1.45. The first-order chi connectivity index (χ1) is 15.6. The Bertz CT molecular complexity index is 1070. The molecule has 0 bridgehead atoms. The van der Waals surface area contributed by atoms with Gasteiger partial charge < -0.3 is 5.32 Å². The topological polar surface area (TPSA) is 83.4 Å². The largest absolute Gasteiger partial charge is 0.340 e. The summed E-state index contributed by atoms with van der Waals surface area (Å²) in [4.78, 5) is 30.4. The van der Waals surface area contributed by atoms with Gasteiger partial charge >= 0.3 is 6.03 Å². The third-order valence-electron chi connectivity index (χ3n) is 5.65. The molecule has 1 fully saturated rings. The van der Waals surface area contributed by atoms with E-state index < -0.39 is 0 Å². The smallest absolute Gasteiger partial charge is 0.306 e. The van der Waals surface area contributed by atoms with Crippen molar-refractivity contribution in [3.8, 4) is 11.4 Å². The highest BCUT2D eigenvalue weighted by atomic mass is 16.2. The van der Waals surface area contributed by atoms with Gasteiger partial charge in [-0.25, -0.2) is 14.8 Å². The monoisotopic (exact) mass is 432 g/mol. The summed E-state index contributed by atoms with van der Waals surface area (Å²) >= 11 is 0. The van der Waals surface area contributed by atoms with Crippen LogP contribution in [0.5, 0.6) is 0 Å². The summed E-state index contributed by atoms with van der Waals surface area (Å²) in [5, 5.41) is 10.6. The number of amides is 3. The predicted octanol–water partition coefficient (Wildman–Crippen LogP) is 3.75. The molecule has 0 saturated carbocycles. The van der Waals surface area contributed by atoms with Crippen molar-refractivity contribution in [1.82, 2.24) is 24.8 Å². The van der Waals surface area contributed by atoms with Gasteiger partial charge in [-0.1, -0.05) is 38.1 Å². The fourth-order valence-electron chi connectivity index (χ4n) is 3.98. The highest BCUT2D eigenvalue weighted by Gasteiger charge is 2.31. The summed E-state index contributed by atoms with van der Waals surface area (Å²) in [5.41, 5.74) is 4.50. The summed E-state index contributed by atoms with van der Waals surface area (Å²) in [5.74, 6) is -0.173. The van der Waals surface area contributed by atoms with E-state index >= 15 is 0 Å². The molecule has 0 unspecified atom stereocenters. The van der Waals surface area contributed by atoms with E-state index in [-0.39, 0.29) is 18.5 Å². The highest BCUT2D eigenvalue weighted by molar-refractivity contribution is 5.92. The quantitative estimate of drug-likeness (QED) is 0.643. The maximum atomic E-state index is 13.1. The van der Waals surface area contributed by atoms with Crippen LogP contribution in [0.15, 0.2) is 54.9 Å². The number of urea groups is 1. The SMILES string of the molecule is CCc1cccc(CC)c1NC(=O)N1CCCN1C(=O)Cn1ccc(-c2ccccn2)n1. The molecule has 3 heterocycles. The first-order valence-electron chi connectivity index (χ1n) is 11.0. The van der Waals surface area contributed by atoms with Gasteiger partial charge in [-0.05, 0) is 48.6 Å². The van der Waals surface area contributed by atoms with Crippen LogP contribution in [0.2, 0.25) is 0 Å². The lowest BCUT2D eigenvalue weighted by Gasteiger charge is -2.28. The van der Waals surface area contributed by atoms with E-state index in [1.807, 2.05) is 42.5 Å². The second-order valence-electron chi connectivity index (χ2n) is 7.70. The Morgan fingerprint density at radius 2 is 1.69 bits per heavy atom. The van der Waals surface area contributed by atoms with Crippen LogP contribution in [0.4, 0.5) is 10.5 Å². The molecule has 0 aliphatic carbocycles. The molecule has 4 rings (SSSR count). The Labute approximate surface area is 187 Å². The number of hydrazine groups is 1. The molecular weight excluding hydrogens is 404 g/mol. The number of pyridine rings is 1. The number of carbonyl (C=O) groups is 2. The summed E-state index contributed by atoms with van der Waals surface area (Å²) in [6.45, 7) is 5.21. The molecule has 8 heteroatoms. The summed E-state index contributed by atoms with van der Waals surface area (Å²) < 4.78 is 1.59. The van der Waals surface area contributed by atoms with E-state index in [2.05, 4.69) is 29.2 Å². The van der Waals surface area contributed by atoms with Crippen LogP contribution >= 0.6 is 0 Å². The Morgan fingerprint density at radius 3 is 2.38 bits per heavy atom. The van der Waals surface area contributed by atoms with E-state index in [0.717, 1.165) is 41.8 Å². The highest BCUT2D eigenvalue weighted by Crippen LogP contribution is 2.24. The zero-order valence-electron chi connectivity index (χ0n) is 18.5. The van der Waals surface area contributed by atoms with Gasteiger partial charge in [0.25, 0.3) is 5.91 Å². The van der Waals surface area contributed by atoms with E-state index in [9.17, 15) is 9.59 Å². The number of aryl methyl sites for hydroxylation is 2. The number of nitrogens with one attached hydrogen (secondary N) is 1. The van der Waals surface area contributed by atoms with E-state index in [1.54, 1.807) is 17.1 Å². The van der Waals surface area contributed by atoms with E-state index in [0.29, 0.717) is 18.8 Å². The number of aromatic nitrogens is 3. The number of anilines is 1. The number of carbonyl (C=O) groups excluding carboxylic acids is 2. The molecule has 1 saturated heterocycles. The molecule has 1 aromatic carbocycles. The molecule has 3 aromatic rings.